The van der Waals surface area contributed by atoms with Gasteiger partial charge in [-0.3, -0.25) is 24.7 Å². The van der Waals surface area contributed by atoms with Crippen LogP contribution in [0, 0.1) is 0 Å². The van der Waals surface area contributed by atoms with Crippen LogP contribution in [0.5, 0.6) is 5.75 Å². The Balaban J connectivity index is 0.887. The molecule has 63 heavy (non-hydrogen) atoms. The molecule has 3 amide bonds. The minimum atomic E-state index is -0.643. The first kappa shape index (κ1) is 45.1. The highest BCUT2D eigenvalue weighted by Gasteiger charge is 2.29. The minimum Gasteiger partial charge on any atom is -0.495 e. The smallest absolute Gasteiger partial charge is 0.412 e. The summed E-state index contributed by atoms with van der Waals surface area (Å²) in [4.78, 5) is 55.0. The third-order valence-electron chi connectivity index (χ3n) is 11.7. The molecule has 4 heterocycles. The SMILES string of the molecule is CCc1nc(C(N)=O)c(Nc2ccc(N3CCC(N4CCN(Cc5ccc(C(=O)Nc6ccccc6NC(=O)OC(C)(C)C)cc5)CC4)CC3)c(OC)c2)nc1NC1CCOCC1. The minimum absolute atomic E-state index is 0.0995. The molecule has 3 aliphatic heterocycles. The summed E-state index contributed by atoms with van der Waals surface area (Å²) in [5, 5.41) is 12.5. The van der Waals surface area contributed by atoms with Crippen LogP contribution in [0.4, 0.5) is 39.2 Å². The number of benzene rings is 3. The molecule has 3 aromatic carbocycles. The summed E-state index contributed by atoms with van der Waals surface area (Å²) in [6, 6.07) is 21.5. The summed E-state index contributed by atoms with van der Waals surface area (Å²) < 4.78 is 16.8. The van der Waals surface area contributed by atoms with Crippen LogP contribution in [0.25, 0.3) is 0 Å². The number of methoxy groups -OCH3 is 1. The number of carbonyl (C=O) groups excluding carboxylic acids is 3. The average Bonchev–Trinajstić information content (AvgIpc) is 3.27. The number of piperidine rings is 1. The van der Waals surface area contributed by atoms with Crippen molar-refractivity contribution in [1.29, 1.82) is 0 Å². The van der Waals surface area contributed by atoms with Gasteiger partial charge in [-0.1, -0.05) is 31.2 Å². The maximum Gasteiger partial charge on any atom is 0.412 e. The van der Waals surface area contributed by atoms with E-state index in [2.05, 4.69) is 47.0 Å². The van der Waals surface area contributed by atoms with Crippen LogP contribution in [0.15, 0.2) is 66.7 Å². The quantitative estimate of drug-likeness (QED) is 0.0885. The first-order valence-corrected chi connectivity index (χ1v) is 22.1. The van der Waals surface area contributed by atoms with Gasteiger partial charge in [0, 0.05) is 88.4 Å². The van der Waals surface area contributed by atoms with Crippen LogP contribution in [0.2, 0.25) is 0 Å². The Morgan fingerprint density at radius 2 is 1.52 bits per heavy atom. The van der Waals surface area contributed by atoms with E-state index in [1.165, 1.54) is 0 Å². The van der Waals surface area contributed by atoms with Gasteiger partial charge in [0.1, 0.15) is 11.4 Å². The number of aromatic nitrogens is 2. The molecule has 16 nitrogen and oxygen atoms in total. The number of anilines is 6. The Kier molecular flexibility index (Phi) is 14.6. The number of ether oxygens (including phenoxy) is 3. The van der Waals surface area contributed by atoms with Gasteiger partial charge < -0.3 is 40.8 Å². The van der Waals surface area contributed by atoms with E-state index < -0.39 is 17.6 Å². The van der Waals surface area contributed by atoms with Gasteiger partial charge in [0.15, 0.2) is 17.3 Å². The van der Waals surface area contributed by atoms with Gasteiger partial charge in [-0.15, -0.1) is 0 Å². The first-order chi connectivity index (χ1) is 30.3. The average molecular weight is 863 g/mol. The zero-order chi connectivity index (χ0) is 44.5. The highest BCUT2D eigenvalue weighted by molar-refractivity contribution is 6.07. The lowest BCUT2D eigenvalue weighted by Gasteiger charge is -2.43. The van der Waals surface area contributed by atoms with Crippen molar-refractivity contribution in [1.82, 2.24) is 19.8 Å². The molecule has 0 atom stereocenters. The number of amides is 3. The van der Waals surface area contributed by atoms with Crippen LogP contribution in [-0.2, 0) is 22.4 Å². The second kappa shape index (κ2) is 20.5. The lowest BCUT2D eigenvalue weighted by Crippen LogP contribution is -2.53. The topological polar surface area (TPSA) is 189 Å². The van der Waals surface area contributed by atoms with Crippen molar-refractivity contribution in [3.05, 3.63) is 89.2 Å². The summed E-state index contributed by atoms with van der Waals surface area (Å²) >= 11 is 0. The third kappa shape index (κ3) is 11.9. The number of carbonyl (C=O) groups is 3. The fraction of sp³-hybridized carbons (Fsp3) is 0.468. The second-order valence-electron chi connectivity index (χ2n) is 17.3. The van der Waals surface area contributed by atoms with Gasteiger partial charge in [-0.2, -0.15) is 0 Å². The number of nitrogens with zero attached hydrogens (tertiary/aromatic N) is 5. The lowest BCUT2D eigenvalue weighted by atomic mass is 10.0. The molecule has 3 saturated heterocycles. The molecule has 0 bridgehead atoms. The summed E-state index contributed by atoms with van der Waals surface area (Å²) in [7, 11) is 1.68. The molecule has 3 aliphatic rings. The van der Waals surface area contributed by atoms with Crippen molar-refractivity contribution < 1.29 is 28.6 Å². The predicted octanol–water partition coefficient (Wildman–Crippen LogP) is 6.87. The van der Waals surface area contributed by atoms with E-state index in [-0.39, 0.29) is 17.6 Å². The highest BCUT2D eigenvalue weighted by atomic mass is 16.6. The van der Waals surface area contributed by atoms with Crippen molar-refractivity contribution in [3.63, 3.8) is 0 Å². The van der Waals surface area contributed by atoms with Gasteiger partial charge in [-0.05, 0) is 94.8 Å². The van der Waals surface area contributed by atoms with E-state index in [4.69, 9.17) is 24.9 Å². The van der Waals surface area contributed by atoms with E-state index >= 15 is 0 Å². The van der Waals surface area contributed by atoms with E-state index in [9.17, 15) is 14.4 Å². The maximum absolute atomic E-state index is 13.2. The molecular formula is C47H62N10O6. The van der Waals surface area contributed by atoms with Gasteiger partial charge in [0.2, 0.25) is 0 Å². The third-order valence-corrected chi connectivity index (χ3v) is 11.7. The summed E-state index contributed by atoms with van der Waals surface area (Å²) in [5.74, 6) is 0.784. The Bertz CT molecular complexity index is 2210. The largest absolute Gasteiger partial charge is 0.495 e. The molecule has 0 aliphatic carbocycles. The molecule has 336 valence electrons. The molecule has 0 unspecified atom stereocenters. The zero-order valence-electron chi connectivity index (χ0n) is 37.2. The molecular weight excluding hydrogens is 801 g/mol. The number of nitrogens with one attached hydrogen (secondary N) is 4. The number of piperazine rings is 1. The van der Waals surface area contributed by atoms with Crippen molar-refractivity contribution in [2.45, 2.75) is 84.0 Å². The summed E-state index contributed by atoms with van der Waals surface area (Å²) in [6.07, 6.45) is 3.87. The molecule has 3 fully saturated rings. The van der Waals surface area contributed by atoms with Gasteiger partial charge in [0.05, 0.1) is 29.9 Å². The van der Waals surface area contributed by atoms with E-state index in [0.717, 1.165) is 94.2 Å². The monoisotopic (exact) mass is 862 g/mol. The summed E-state index contributed by atoms with van der Waals surface area (Å²) in [5.41, 5.74) is 10.3. The molecule has 7 rings (SSSR count). The Morgan fingerprint density at radius 1 is 0.841 bits per heavy atom. The summed E-state index contributed by atoms with van der Waals surface area (Å²) in [6.45, 7) is 15.4. The molecule has 0 radical (unpaired) electrons. The highest BCUT2D eigenvalue weighted by Crippen LogP contribution is 2.35. The van der Waals surface area contributed by atoms with Crippen LogP contribution in [0.3, 0.4) is 0 Å². The molecule has 0 saturated carbocycles. The number of rotatable bonds is 14. The van der Waals surface area contributed by atoms with Crippen LogP contribution in [-0.4, -0.2) is 115 Å². The molecule has 0 spiro atoms. The van der Waals surface area contributed by atoms with Crippen LogP contribution >= 0.6 is 0 Å². The van der Waals surface area contributed by atoms with Crippen molar-refractivity contribution in [3.8, 4) is 5.75 Å². The standard InChI is InChI=1S/C47H62N10O6/c1-6-36-43(49-33-19-27-62-28-20-33)54-44(41(51-36)42(48)58)50-34-15-16-39(40(29-34)61-5)57-21-17-35(18-22-57)56-25-23-55(24-26-56)30-31-11-13-32(14-12-31)45(59)52-37-9-7-8-10-38(37)53-46(60)63-47(2,3)4/h7-16,29,33,35H,6,17-28,30H2,1-5H3,(H2,48,58)(H,52,59)(H,53,60)(H2,49,50,54). The van der Waals surface area contributed by atoms with Crippen LogP contribution in [0.1, 0.15) is 85.5 Å². The Labute approximate surface area is 370 Å². The number of primary amides is 1. The molecule has 4 aromatic rings. The molecule has 16 heteroatoms. The zero-order valence-corrected chi connectivity index (χ0v) is 37.2. The number of para-hydroxylation sites is 2. The van der Waals surface area contributed by atoms with Gasteiger partial charge in [-0.25, -0.2) is 14.8 Å². The predicted molar refractivity (Wildman–Crippen MR) is 246 cm³/mol. The van der Waals surface area contributed by atoms with Crippen molar-refractivity contribution >= 4 is 52.3 Å². The van der Waals surface area contributed by atoms with E-state index in [1.807, 2.05) is 43.3 Å². The number of nitrogens with two attached hydrogens (primary N) is 1. The van der Waals surface area contributed by atoms with Crippen molar-refractivity contribution in [2.24, 2.45) is 5.73 Å². The Hall–Kier alpha value is -5.97. The second-order valence-corrected chi connectivity index (χ2v) is 17.3. The first-order valence-electron chi connectivity index (χ1n) is 22.1. The number of aryl methyl sites for hydroxylation is 1. The normalized spacial score (nSPS) is 16.9. The number of hydrogen-bond acceptors (Lipinski definition) is 13. The number of hydrogen-bond donors (Lipinski definition) is 5. The van der Waals surface area contributed by atoms with E-state index in [0.29, 0.717) is 59.9 Å². The maximum atomic E-state index is 13.2. The van der Waals surface area contributed by atoms with Crippen molar-refractivity contribution in [2.75, 3.05) is 85.8 Å². The lowest BCUT2D eigenvalue weighted by molar-refractivity contribution is 0.0635. The van der Waals surface area contributed by atoms with Gasteiger partial charge >= 0.3 is 6.09 Å². The fourth-order valence-electron chi connectivity index (χ4n) is 8.37. The molecule has 6 N–H and O–H groups in total. The van der Waals surface area contributed by atoms with E-state index in [1.54, 1.807) is 52.1 Å². The van der Waals surface area contributed by atoms with Gasteiger partial charge in [0.25, 0.3) is 11.8 Å². The molecule has 1 aromatic heterocycles. The fourth-order valence-corrected chi connectivity index (χ4v) is 8.37. The van der Waals surface area contributed by atoms with Crippen LogP contribution < -0.4 is 36.6 Å². The Morgan fingerprint density at radius 3 is 2.16 bits per heavy atom.